The van der Waals surface area contributed by atoms with Gasteiger partial charge in [0.15, 0.2) is 0 Å². The molecule has 1 aromatic heterocycles. The van der Waals surface area contributed by atoms with Gasteiger partial charge in [-0.1, -0.05) is 18.2 Å². The van der Waals surface area contributed by atoms with Gasteiger partial charge in [0.05, 0.1) is 22.4 Å². The van der Waals surface area contributed by atoms with Crippen LogP contribution in [0.1, 0.15) is 28.4 Å². The molecule has 1 unspecified atom stereocenters. The van der Waals surface area contributed by atoms with Gasteiger partial charge < -0.3 is 0 Å². The summed E-state index contributed by atoms with van der Waals surface area (Å²) >= 11 is 3.51. The third kappa shape index (κ3) is 2.34. The minimum absolute atomic E-state index is 0.0776. The van der Waals surface area contributed by atoms with Gasteiger partial charge in [0.25, 0.3) is 0 Å². The topological polar surface area (TPSA) is 55.9 Å². The van der Waals surface area contributed by atoms with E-state index >= 15 is 0 Å². The molecule has 1 aromatic carbocycles. The summed E-state index contributed by atoms with van der Waals surface area (Å²) in [6.45, 7) is 4.20. The van der Waals surface area contributed by atoms with Crippen molar-refractivity contribution in [3.05, 3.63) is 51.3 Å². The first-order chi connectivity index (χ1) is 8.54. The summed E-state index contributed by atoms with van der Waals surface area (Å²) in [7, 11) is 1.91. The van der Waals surface area contributed by atoms with Gasteiger partial charge in [-0.25, -0.2) is 5.43 Å². The van der Waals surface area contributed by atoms with Crippen LogP contribution in [0.5, 0.6) is 0 Å². The van der Waals surface area contributed by atoms with E-state index in [9.17, 15) is 0 Å². The zero-order valence-electron chi connectivity index (χ0n) is 10.7. The van der Waals surface area contributed by atoms with E-state index in [1.54, 1.807) is 6.20 Å². The smallest absolute Gasteiger partial charge is 0.0889 e. The van der Waals surface area contributed by atoms with Crippen LogP contribution in [-0.2, 0) is 7.05 Å². The monoisotopic (exact) mass is 308 g/mol. The summed E-state index contributed by atoms with van der Waals surface area (Å²) in [6.07, 6.45) is 1.78. The van der Waals surface area contributed by atoms with Crippen LogP contribution < -0.4 is 11.3 Å². The van der Waals surface area contributed by atoms with Gasteiger partial charge in [-0.2, -0.15) is 5.10 Å². The Bertz CT molecular complexity index is 543. The highest BCUT2D eigenvalue weighted by Gasteiger charge is 2.19. The first-order valence-corrected chi connectivity index (χ1v) is 6.54. The molecule has 0 aliphatic heterocycles. The molecule has 2 rings (SSSR count). The van der Waals surface area contributed by atoms with E-state index in [-0.39, 0.29) is 6.04 Å². The molecule has 0 amide bonds. The van der Waals surface area contributed by atoms with Gasteiger partial charge in [0, 0.05) is 7.05 Å². The highest BCUT2D eigenvalue weighted by atomic mass is 79.9. The number of aryl methyl sites for hydroxylation is 3. The maximum absolute atomic E-state index is 5.71. The van der Waals surface area contributed by atoms with Crippen LogP contribution in [0.15, 0.2) is 28.9 Å². The van der Waals surface area contributed by atoms with Crippen LogP contribution in [0.3, 0.4) is 0 Å². The van der Waals surface area contributed by atoms with Crippen LogP contribution in [-0.4, -0.2) is 9.78 Å². The second-order valence-electron chi connectivity index (χ2n) is 4.44. The fraction of sp³-hybridized carbons (Fsp3) is 0.308. The standard InChI is InChI=1S/C13H17BrN4/c1-8-4-5-10(6-9(8)2)12(17-15)13-11(14)7-16-18(13)3/h4-7,12,17H,15H2,1-3H3. The number of benzene rings is 1. The number of hydrazine groups is 1. The van der Waals surface area contributed by atoms with Crippen molar-refractivity contribution in [3.63, 3.8) is 0 Å². The molecule has 0 saturated heterocycles. The number of halogens is 1. The van der Waals surface area contributed by atoms with Crippen molar-refractivity contribution < 1.29 is 0 Å². The van der Waals surface area contributed by atoms with Crippen LogP contribution in [0.25, 0.3) is 0 Å². The number of rotatable bonds is 3. The van der Waals surface area contributed by atoms with Gasteiger partial charge in [-0.3, -0.25) is 10.5 Å². The molecule has 4 nitrogen and oxygen atoms in total. The van der Waals surface area contributed by atoms with Crippen LogP contribution in [0.2, 0.25) is 0 Å². The number of nitrogens with zero attached hydrogens (tertiary/aromatic N) is 2. The molecule has 18 heavy (non-hydrogen) atoms. The molecule has 0 radical (unpaired) electrons. The first-order valence-electron chi connectivity index (χ1n) is 5.75. The number of nitrogens with one attached hydrogen (secondary N) is 1. The average Bonchev–Trinajstić information content (AvgIpc) is 2.66. The Morgan fingerprint density at radius 1 is 1.33 bits per heavy atom. The Labute approximate surface area is 115 Å². The SMILES string of the molecule is Cc1ccc(C(NN)c2c(Br)cnn2C)cc1C. The lowest BCUT2D eigenvalue weighted by Gasteiger charge is -2.18. The molecule has 5 heteroatoms. The minimum Gasteiger partial charge on any atom is -0.271 e. The summed E-state index contributed by atoms with van der Waals surface area (Å²) in [5.74, 6) is 5.71. The van der Waals surface area contributed by atoms with Crippen molar-refractivity contribution in [2.75, 3.05) is 0 Å². The number of aromatic nitrogens is 2. The number of hydrogen-bond acceptors (Lipinski definition) is 3. The van der Waals surface area contributed by atoms with Crippen molar-refractivity contribution in [2.45, 2.75) is 19.9 Å². The summed E-state index contributed by atoms with van der Waals surface area (Å²) in [6, 6.07) is 6.27. The van der Waals surface area contributed by atoms with Crippen molar-refractivity contribution in [3.8, 4) is 0 Å². The summed E-state index contributed by atoms with van der Waals surface area (Å²) < 4.78 is 2.77. The van der Waals surface area contributed by atoms with Gasteiger partial charge >= 0.3 is 0 Å². The predicted molar refractivity (Wildman–Crippen MR) is 76.0 cm³/mol. The molecule has 0 spiro atoms. The Hall–Kier alpha value is -1.17. The fourth-order valence-corrected chi connectivity index (χ4v) is 2.60. The summed E-state index contributed by atoms with van der Waals surface area (Å²) in [5, 5.41) is 4.22. The molecule has 1 atom stereocenters. The van der Waals surface area contributed by atoms with E-state index in [4.69, 9.17) is 5.84 Å². The predicted octanol–water partition coefficient (Wildman–Crippen LogP) is 2.35. The molecule has 0 aliphatic rings. The van der Waals surface area contributed by atoms with E-state index in [2.05, 4.69) is 58.5 Å². The third-order valence-electron chi connectivity index (χ3n) is 3.24. The van der Waals surface area contributed by atoms with Gasteiger partial charge in [-0.05, 0) is 46.5 Å². The van der Waals surface area contributed by atoms with Crippen LogP contribution in [0.4, 0.5) is 0 Å². The average molecular weight is 309 g/mol. The molecule has 0 bridgehead atoms. The van der Waals surface area contributed by atoms with Crippen molar-refractivity contribution in [1.82, 2.24) is 15.2 Å². The minimum atomic E-state index is -0.0776. The summed E-state index contributed by atoms with van der Waals surface area (Å²) in [4.78, 5) is 0. The third-order valence-corrected chi connectivity index (χ3v) is 3.85. The molecule has 0 fully saturated rings. The number of hydrogen-bond donors (Lipinski definition) is 2. The van der Waals surface area contributed by atoms with Crippen molar-refractivity contribution in [1.29, 1.82) is 0 Å². The normalized spacial score (nSPS) is 12.7. The van der Waals surface area contributed by atoms with Crippen LogP contribution in [0, 0.1) is 13.8 Å². The molecule has 0 aliphatic carbocycles. The number of nitrogens with two attached hydrogens (primary N) is 1. The van der Waals surface area contributed by atoms with Crippen molar-refractivity contribution in [2.24, 2.45) is 12.9 Å². The van der Waals surface area contributed by atoms with E-state index in [0.29, 0.717) is 0 Å². The van der Waals surface area contributed by atoms with Gasteiger partial charge in [0.2, 0.25) is 0 Å². The van der Waals surface area contributed by atoms with E-state index < -0.39 is 0 Å². The maximum Gasteiger partial charge on any atom is 0.0889 e. The lowest BCUT2D eigenvalue weighted by Crippen LogP contribution is -2.30. The Morgan fingerprint density at radius 3 is 2.56 bits per heavy atom. The van der Waals surface area contributed by atoms with Crippen molar-refractivity contribution >= 4 is 15.9 Å². The van der Waals surface area contributed by atoms with E-state index in [0.717, 1.165) is 15.7 Å². The lowest BCUT2D eigenvalue weighted by atomic mass is 9.99. The van der Waals surface area contributed by atoms with Crippen LogP contribution >= 0.6 is 15.9 Å². The molecule has 96 valence electrons. The maximum atomic E-state index is 5.71. The summed E-state index contributed by atoms with van der Waals surface area (Å²) in [5.41, 5.74) is 7.53. The second-order valence-corrected chi connectivity index (χ2v) is 5.30. The Morgan fingerprint density at radius 2 is 2.06 bits per heavy atom. The van der Waals surface area contributed by atoms with Gasteiger partial charge in [0.1, 0.15) is 0 Å². The molecular formula is C13H17BrN4. The van der Waals surface area contributed by atoms with E-state index in [1.807, 2.05) is 11.7 Å². The lowest BCUT2D eigenvalue weighted by molar-refractivity contribution is 0.573. The Balaban J connectivity index is 2.48. The first kappa shape index (κ1) is 13.3. The Kier molecular flexibility index (Phi) is 3.85. The van der Waals surface area contributed by atoms with E-state index in [1.165, 1.54) is 11.1 Å². The highest BCUT2D eigenvalue weighted by Crippen LogP contribution is 2.28. The molecular weight excluding hydrogens is 292 g/mol. The molecule has 3 N–H and O–H groups in total. The quantitative estimate of drug-likeness (QED) is 0.676. The molecule has 2 aromatic rings. The fourth-order valence-electron chi connectivity index (χ4n) is 2.02. The zero-order valence-corrected chi connectivity index (χ0v) is 12.3. The largest absolute Gasteiger partial charge is 0.271 e. The zero-order chi connectivity index (χ0) is 13.3. The molecule has 0 saturated carbocycles. The second kappa shape index (κ2) is 5.22. The highest BCUT2D eigenvalue weighted by molar-refractivity contribution is 9.10. The molecule has 1 heterocycles. The van der Waals surface area contributed by atoms with Gasteiger partial charge in [-0.15, -0.1) is 0 Å².